The highest BCUT2D eigenvalue weighted by atomic mass is 16.5. The monoisotopic (exact) mass is 342 g/mol. The number of hydrogen-bond acceptors (Lipinski definition) is 5. The van der Waals surface area contributed by atoms with E-state index in [4.69, 9.17) is 18.9 Å². The van der Waals surface area contributed by atoms with Crippen LogP contribution in [-0.4, -0.2) is 58.6 Å². The summed E-state index contributed by atoms with van der Waals surface area (Å²) in [5, 5.41) is 0. The lowest BCUT2D eigenvalue weighted by Gasteiger charge is -2.26. The molecule has 2 aromatic carbocycles. The molecule has 1 heterocycles. The van der Waals surface area contributed by atoms with Crippen molar-refractivity contribution in [2.24, 2.45) is 0 Å². The molecule has 1 saturated heterocycles. The van der Waals surface area contributed by atoms with Gasteiger partial charge in [-0.3, -0.25) is 4.90 Å². The molecular formula is C20H24NO4. The van der Waals surface area contributed by atoms with Crippen LogP contribution in [0.1, 0.15) is 0 Å². The van der Waals surface area contributed by atoms with Crippen molar-refractivity contribution < 1.29 is 18.9 Å². The molecule has 1 fully saturated rings. The molecule has 0 spiro atoms. The first kappa shape index (κ1) is 17.6. The van der Waals surface area contributed by atoms with Crippen LogP contribution in [0.25, 0.3) is 11.1 Å². The molecular weight excluding hydrogens is 318 g/mol. The van der Waals surface area contributed by atoms with E-state index in [2.05, 4.69) is 11.0 Å². The maximum atomic E-state index is 6.00. The summed E-state index contributed by atoms with van der Waals surface area (Å²) in [6, 6.07) is 15.0. The van der Waals surface area contributed by atoms with Crippen LogP contribution >= 0.6 is 0 Å². The number of benzene rings is 2. The fourth-order valence-corrected chi connectivity index (χ4v) is 2.85. The Morgan fingerprint density at radius 1 is 1.08 bits per heavy atom. The van der Waals surface area contributed by atoms with Crippen LogP contribution in [0.4, 0.5) is 0 Å². The first-order valence-electron chi connectivity index (χ1n) is 8.48. The summed E-state index contributed by atoms with van der Waals surface area (Å²) in [5.41, 5.74) is 1.97. The predicted molar refractivity (Wildman–Crippen MR) is 96.6 cm³/mol. The third-order valence-electron chi connectivity index (χ3n) is 4.24. The summed E-state index contributed by atoms with van der Waals surface area (Å²) in [5.74, 6) is 1.96. The normalized spacial score (nSPS) is 15.0. The minimum Gasteiger partial charge on any atom is -0.493 e. The number of rotatable bonds is 7. The lowest BCUT2D eigenvalue weighted by molar-refractivity contribution is 0.0319. The molecule has 0 saturated carbocycles. The first-order chi connectivity index (χ1) is 12.3. The van der Waals surface area contributed by atoms with Gasteiger partial charge in [-0.1, -0.05) is 24.3 Å². The second-order valence-corrected chi connectivity index (χ2v) is 5.79. The van der Waals surface area contributed by atoms with E-state index in [0.29, 0.717) is 23.9 Å². The zero-order valence-electron chi connectivity index (χ0n) is 14.8. The zero-order chi connectivity index (χ0) is 17.5. The molecule has 5 nitrogen and oxygen atoms in total. The van der Waals surface area contributed by atoms with Gasteiger partial charge in [0.25, 0.3) is 0 Å². The minimum absolute atomic E-state index is 0.573. The third-order valence-corrected chi connectivity index (χ3v) is 4.24. The van der Waals surface area contributed by atoms with Crippen LogP contribution in [0.15, 0.2) is 36.4 Å². The molecule has 3 rings (SSSR count). The van der Waals surface area contributed by atoms with E-state index in [9.17, 15) is 0 Å². The van der Waals surface area contributed by atoms with E-state index >= 15 is 0 Å². The molecule has 1 radical (unpaired) electrons. The summed E-state index contributed by atoms with van der Waals surface area (Å²) >= 11 is 0. The highest BCUT2D eigenvalue weighted by molar-refractivity contribution is 5.70. The second kappa shape index (κ2) is 8.74. The van der Waals surface area contributed by atoms with Crippen molar-refractivity contribution in [3.63, 3.8) is 0 Å². The lowest BCUT2D eigenvalue weighted by atomic mass is 10.0. The Morgan fingerprint density at radius 3 is 2.40 bits per heavy atom. The standard InChI is InChI=1S/C20H24NO4/c1-22-18-14-17(16-6-4-3-5-7-16)15-19(23-2)20(18)25-13-10-21-8-11-24-12-9-21/h3-6,14-15H,8-13H2,1-2H3. The number of nitrogens with zero attached hydrogens (tertiary/aromatic N) is 1. The van der Waals surface area contributed by atoms with Crippen molar-refractivity contribution in [2.45, 2.75) is 0 Å². The van der Waals surface area contributed by atoms with Crippen LogP contribution in [-0.2, 0) is 4.74 Å². The SMILES string of the molecule is COc1cc(-c2[c]cccc2)cc(OC)c1OCCN1CCOCC1. The average Bonchev–Trinajstić information content (AvgIpc) is 2.69. The fourth-order valence-electron chi connectivity index (χ4n) is 2.85. The molecule has 133 valence electrons. The van der Waals surface area contributed by atoms with E-state index in [-0.39, 0.29) is 0 Å². The van der Waals surface area contributed by atoms with E-state index < -0.39 is 0 Å². The van der Waals surface area contributed by atoms with Crippen molar-refractivity contribution in [3.8, 4) is 28.4 Å². The van der Waals surface area contributed by atoms with Gasteiger partial charge < -0.3 is 18.9 Å². The fraction of sp³-hybridized carbons (Fsp3) is 0.400. The number of methoxy groups -OCH3 is 2. The molecule has 0 bridgehead atoms. The van der Waals surface area contributed by atoms with Gasteiger partial charge in [-0.05, 0) is 29.3 Å². The maximum Gasteiger partial charge on any atom is 0.203 e. The smallest absolute Gasteiger partial charge is 0.203 e. The van der Waals surface area contributed by atoms with Crippen molar-refractivity contribution in [1.29, 1.82) is 0 Å². The van der Waals surface area contributed by atoms with Gasteiger partial charge in [0.1, 0.15) is 6.61 Å². The Bertz CT molecular complexity index is 644. The van der Waals surface area contributed by atoms with Gasteiger partial charge in [-0.15, -0.1) is 0 Å². The Labute approximate surface area is 149 Å². The highest BCUT2D eigenvalue weighted by Crippen LogP contribution is 2.41. The maximum absolute atomic E-state index is 6.00. The topological polar surface area (TPSA) is 40.2 Å². The summed E-state index contributed by atoms with van der Waals surface area (Å²) in [7, 11) is 3.28. The lowest BCUT2D eigenvalue weighted by Crippen LogP contribution is -2.38. The molecule has 0 amide bonds. The predicted octanol–water partition coefficient (Wildman–Crippen LogP) is 2.88. The quantitative estimate of drug-likeness (QED) is 0.774. The molecule has 25 heavy (non-hydrogen) atoms. The van der Waals surface area contributed by atoms with E-state index in [1.807, 2.05) is 36.4 Å². The van der Waals surface area contributed by atoms with Crippen molar-refractivity contribution >= 4 is 0 Å². The molecule has 2 aromatic rings. The van der Waals surface area contributed by atoms with Gasteiger partial charge in [0.05, 0.1) is 27.4 Å². The Kier molecular flexibility index (Phi) is 6.14. The van der Waals surface area contributed by atoms with E-state index in [0.717, 1.165) is 44.0 Å². The molecule has 0 unspecified atom stereocenters. The van der Waals surface area contributed by atoms with Crippen LogP contribution in [0, 0.1) is 6.07 Å². The average molecular weight is 342 g/mol. The largest absolute Gasteiger partial charge is 0.493 e. The van der Waals surface area contributed by atoms with Gasteiger partial charge in [0.15, 0.2) is 11.5 Å². The number of ether oxygens (including phenoxy) is 4. The van der Waals surface area contributed by atoms with Gasteiger partial charge in [0.2, 0.25) is 5.75 Å². The minimum atomic E-state index is 0.573. The number of hydrogen-bond donors (Lipinski definition) is 0. The Morgan fingerprint density at radius 2 is 1.80 bits per heavy atom. The molecule has 1 aliphatic rings. The van der Waals surface area contributed by atoms with Gasteiger partial charge in [0, 0.05) is 19.6 Å². The molecule has 5 heteroatoms. The van der Waals surface area contributed by atoms with Crippen LogP contribution in [0.2, 0.25) is 0 Å². The van der Waals surface area contributed by atoms with Crippen LogP contribution in [0.3, 0.4) is 0 Å². The first-order valence-corrected chi connectivity index (χ1v) is 8.48. The van der Waals surface area contributed by atoms with Crippen molar-refractivity contribution in [2.75, 3.05) is 53.7 Å². The summed E-state index contributed by atoms with van der Waals surface area (Å²) in [6.45, 7) is 4.89. The molecule has 0 N–H and O–H groups in total. The molecule has 1 aliphatic heterocycles. The van der Waals surface area contributed by atoms with Crippen molar-refractivity contribution in [3.05, 3.63) is 42.5 Å². The zero-order valence-corrected chi connectivity index (χ0v) is 14.8. The van der Waals surface area contributed by atoms with E-state index in [1.54, 1.807) is 14.2 Å². The van der Waals surface area contributed by atoms with Crippen molar-refractivity contribution in [1.82, 2.24) is 4.90 Å². The van der Waals surface area contributed by atoms with E-state index in [1.165, 1.54) is 0 Å². The molecule has 0 atom stereocenters. The molecule has 0 aliphatic carbocycles. The highest BCUT2D eigenvalue weighted by Gasteiger charge is 2.16. The third kappa shape index (κ3) is 4.44. The van der Waals surface area contributed by atoms with Crippen LogP contribution in [0.5, 0.6) is 17.2 Å². The summed E-state index contributed by atoms with van der Waals surface area (Å²) in [6.07, 6.45) is 0. The summed E-state index contributed by atoms with van der Waals surface area (Å²) in [4.78, 5) is 2.33. The Balaban J connectivity index is 1.75. The van der Waals surface area contributed by atoms with Gasteiger partial charge in [-0.25, -0.2) is 0 Å². The molecule has 0 aromatic heterocycles. The Hall–Kier alpha value is -2.24. The number of morpholine rings is 1. The van der Waals surface area contributed by atoms with Crippen LogP contribution < -0.4 is 14.2 Å². The van der Waals surface area contributed by atoms with Gasteiger partial charge >= 0.3 is 0 Å². The van der Waals surface area contributed by atoms with Gasteiger partial charge in [-0.2, -0.15) is 0 Å². The second-order valence-electron chi connectivity index (χ2n) is 5.79. The summed E-state index contributed by atoms with van der Waals surface area (Å²) < 4.78 is 22.4.